The number of nitrogens with zero attached hydrogens (tertiary/aromatic N) is 1. The first-order chi connectivity index (χ1) is 7.53. The molecule has 2 aliphatic rings. The molecule has 3 unspecified atom stereocenters. The fraction of sp³-hybridized carbons (Fsp3) is 0.700. The lowest BCUT2D eigenvalue weighted by Crippen LogP contribution is -2.49. The predicted molar refractivity (Wildman–Crippen MR) is 53.9 cm³/mol. The van der Waals surface area contributed by atoms with Crippen molar-refractivity contribution in [1.29, 1.82) is 0 Å². The minimum absolute atomic E-state index is 0.159. The first kappa shape index (κ1) is 11.3. The molecule has 1 saturated heterocycles. The van der Waals surface area contributed by atoms with Crippen molar-refractivity contribution in [3.8, 4) is 0 Å². The summed E-state index contributed by atoms with van der Waals surface area (Å²) in [4.78, 5) is 12.5. The number of amides is 1. The Kier molecular flexibility index (Phi) is 2.86. The summed E-state index contributed by atoms with van der Waals surface area (Å²) in [6.45, 7) is 1.47. The van der Waals surface area contributed by atoms with E-state index in [0.29, 0.717) is 0 Å². The number of halogens is 1. The summed E-state index contributed by atoms with van der Waals surface area (Å²) < 4.78 is 19.6. The van der Waals surface area contributed by atoms with Gasteiger partial charge in [0.1, 0.15) is 0 Å². The lowest BCUT2D eigenvalue weighted by atomic mass is 10.0. The molecule has 16 heavy (non-hydrogen) atoms. The van der Waals surface area contributed by atoms with Gasteiger partial charge in [0.2, 0.25) is 5.91 Å². The summed E-state index contributed by atoms with van der Waals surface area (Å²) in [7, 11) is 0. The molecule has 0 aromatic rings. The molecule has 0 aromatic carbocycles. The first-order valence-corrected chi connectivity index (χ1v) is 5.20. The quantitative estimate of drug-likeness (QED) is 0.685. The minimum atomic E-state index is -1.53. The maximum atomic E-state index is 14.2. The summed E-state index contributed by atoms with van der Waals surface area (Å²) in [6.07, 6.45) is 1.76. The van der Waals surface area contributed by atoms with Crippen LogP contribution in [0.15, 0.2) is 12.3 Å². The van der Waals surface area contributed by atoms with E-state index in [1.54, 1.807) is 4.90 Å². The molecule has 1 amide bonds. The summed E-state index contributed by atoms with van der Waals surface area (Å²) in [5.41, 5.74) is -1.53. The zero-order valence-corrected chi connectivity index (χ0v) is 9.02. The van der Waals surface area contributed by atoms with E-state index in [1.165, 1.54) is 19.2 Å². The standard InChI is InChI=1S/C10H15FN2O3/c1-10(11)4-7(5-14)16-9(10)13-3-2-8(15)12-6-13/h2-3,7,9,14H,4-6H2,1H3,(H,12,15). The number of aliphatic hydroxyl groups excluding tert-OH is 1. The Balaban J connectivity index is 2.09. The number of nitrogens with one attached hydrogen (secondary N) is 1. The van der Waals surface area contributed by atoms with Crippen LogP contribution in [0.5, 0.6) is 0 Å². The molecular weight excluding hydrogens is 215 g/mol. The van der Waals surface area contributed by atoms with Crippen LogP contribution in [0.3, 0.4) is 0 Å². The van der Waals surface area contributed by atoms with Gasteiger partial charge >= 0.3 is 0 Å². The second-order valence-electron chi connectivity index (χ2n) is 4.30. The number of rotatable bonds is 2. The van der Waals surface area contributed by atoms with Gasteiger partial charge in [0.25, 0.3) is 0 Å². The Hall–Kier alpha value is -1.14. The number of aliphatic hydroxyl groups is 1. The second kappa shape index (κ2) is 4.03. The molecule has 1 fully saturated rings. The minimum Gasteiger partial charge on any atom is -0.394 e. The average Bonchev–Trinajstić information content (AvgIpc) is 2.55. The molecule has 5 nitrogen and oxygen atoms in total. The van der Waals surface area contributed by atoms with Crippen molar-refractivity contribution in [1.82, 2.24) is 10.2 Å². The third-order valence-corrected chi connectivity index (χ3v) is 2.82. The highest BCUT2D eigenvalue weighted by Crippen LogP contribution is 2.35. The Labute approximate surface area is 92.9 Å². The fourth-order valence-electron chi connectivity index (χ4n) is 2.06. The van der Waals surface area contributed by atoms with Gasteiger partial charge in [-0.05, 0) is 6.92 Å². The van der Waals surface area contributed by atoms with Gasteiger partial charge < -0.3 is 20.1 Å². The summed E-state index contributed by atoms with van der Waals surface area (Å²) in [5, 5.41) is 11.5. The number of alkyl halides is 1. The largest absolute Gasteiger partial charge is 0.394 e. The molecule has 2 rings (SSSR count). The molecule has 2 N–H and O–H groups in total. The molecule has 6 heteroatoms. The van der Waals surface area contributed by atoms with Gasteiger partial charge in [-0.25, -0.2) is 4.39 Å². The highest BCUT2D eigenvalue weighted by molar-refractivity contribution is 5.87. The Bertz CT molecular complexity index is 319. The average molecular weight is 230 g/mol. The molecule has 0 aliphatic carbocycles. The highest BCUT2D eigenvalue weighted by atomic mass is 19.1. The van der Waals surface area contributed by atoms with E-state index in [0.717, 1.165) is 0 Å². The smallest absolute Gasteiger partial charge is 0.246 e. The molecule has 0 aromatic heterocycles. The highest BCUT2D eigenvalue weighted by Gasteiger charge is 2.48. The normalized spacial score (nSPS) is 38.9. The maximum absolute atomic E-state index is 14.2. The monoisotopic (exact) mass is 230 g/mol. The zero-order valence-electron chi connectivity index (χ0n) is 9.02. The Morgan fingerprint density at radius 3 is 3.06 bits per heavy atom. The van der Waals surface area contributed by atoms with Crippen molar-refractivity contribution < 1.29 is 19.0 Å². The lowest BCUT2D eigenvalue weighted by molar-refractivity contribution is -0.122. The van der Waals surface area contributed by atoms with Gasteiger partial charge in [-0.2, -0.15) is 0 Å². The summed E-state index contributed by atoms with van der Waals surface area (Å²) in [6, 6.07) is 0. The second-order valence-corrected chi connectivity index (χ2v) is 4.30. The van der Waals surface area contributed by atoms with E-state index in [4.69, 9.17) is 9.84 Å². The molecule has 0 spiro atoms. The third-order valence-electron chi connectivity index (χ3n) is 2.82. The molecular formula is C10H15FN2O3. The maximum Gasteiger partial charge on any atom is 0.246 e. The Morgan fingerprint density at radius 2 is 2.56 bits per heavy atom. The van der Waals surface area contributed by atoms with E-state index in [-0.39, 0.29) is 25.6 Å². The first-order valence-electron chi connectivity index (χ1n) is 5.20. The third kappa shape index (κ3) is 2.03. The van der Waals surface area contributed by atoms with Crippen molar-refractivity contribution in [2.45, 2.75) is 31.3 Å². The van der Waals surface area contributed by atoms with E-state index < -0.39 is 18.0 Å². The molecule has 0 radical (unpaired) electrons. The van der Waals surface area contributed by atoms with Crippen molar-refractivity contribution in [3.63, 3.8) is 0 Å². The van der Waals surface area contributed by atoms with Crippen LogP contribution in [0.2, 0.25) is 0 Å². The molecule has 0 bridgehead atoms. The van der Waals surface area contributed by atoms with Gasteiger partial charge in [-0.3, -0.25) is 4.79 Å². The van der Waals surface area contributed by atoms with Gasteiger partial charge in [-0.15, -0.1) is 0 Å². The van der Waals surface area contributed by atoms with Gasteiger partial charge in [0, 0.05) is 18.7 Å². The molecule has 2 heterocycles. The van der Waals surface area contributed by atoms with Crippen molar-refractivity contribution in [2.75, 3.05) is 13.3 Å². The van der Waals surface area contributed by atoms with Crippen LogP contribution in [0.1, 0.15) is 13.3 Å². The fourth-order valence-corrected chi connectivity index (χ4v) is 2.06. The van der Waals surface area contributed by atoms with Gasteiger partial charge in [0.05, 0.1) is 19.4 Å². The molecule has 3 atom stereocenters. The van der Waals surface area contributed by atoms with Crippen molar-refractivity contribution in [2.24, 2.45) is 0 Å². The Morgan fingerprint density at radius 1 is 1.81 bits per heavy atom. The summed E-state index contributed by atoms with van der Waals surface area (Å²) >= 11 is 0. The zero-order chi connectivity index (χ0) is 11.8. The van der Waals surface area contributed by atoms with Crippen LogP contribution in [0.25, 0.3) is 0 Å². The number of carbonyl (C=O) groups excluding carboxylic acids is 1. The van der Waals surface area contributed by atoms with Crippen LogP contribution in [-0.2, 0) is 9.53 Å². The van der Waals surface area contributed by atoms with Gasteiger partial charge in [-0.1, -0.05) is 0 Å². The van der Waals surface area contributed by atoms with Gasteiger partial charge in [0.15, 0.2) is 11.9 Å². The van der Waals surface area contributed by atoms with E-state index >= 15 is 0 Å². The molecule has 0 saturated carbocycles. The van der Waals surface area contributed by atoms with E-state index in [1.807, 2.05) is 0 Å². The van der Waals surface area contributed by atoms with Crippen molar-refractivity contribution in [3.05, 3.63) is 12.3 Å². The van der Waals surface area contributed by atoms with Crippen LogP contribution < -0.4 is 5.32 Å². The topological polar surface area (TPSA) is 61.8 Å². The van der Waals surface area contributed by atoms with Crippen molar-refractivity contribution >= 4 is 5.91 Å². The van der Waals surface area contributed by atoms with Crippen LogP contribution in [0.4, 0.5) is 4.39 Å². The van der Waals surface area contributed by atoms with Crippen LogP contribution in [0, 0.1) is 0 Å². The van der Waals surface area contributed by atoms with Crippen LogP contribution in [-0.4, -0.2) is 47.2 Å². The molecule has 2 aliphatic heterocycles. The summed E-state index contributed by atoms with van der Waals surface area (Å²) in [5.74, 6) is -0.200. The number of carbonyl (C=O) groups is 1. The molecule has 90 valence electrons. The van der Waals surface area contributed by atoms with E-state index in [2.05, 4.69) is 5.32 Å². The van der Waals surface area contributed by atoms with Crippen LogP contribution >= 0.6 is 0 Å². The number of hydrogen-bond acceptors (Lipinski definition) is 4. The predicted octanol–water partition coefficient (Wildman–Crippen LogP) is -0.275. The number of ether oxygens (including phenoxy) is 1. The SMILES string of the molecule is CC1(F)CC(CO)OC1N1C=CC(=O)NC1. The van der Waals surface area contributed by atoms with E-state index in [9.17, 15) is 9.18 Å². The lowest BCUT2D eigenvalue weighted by Gasteiger charge is -2.34. The number of hydrogen-bond donors (Lipinski definition) is 2.